The predicted octanol–water partition coefficient (Wildman–Crippen LogP) is 4.22. The maximum atomic E-state index is 11.8. The van der Waals surface area contributed by atoms with Gasteiger partial charge in [-0.3, -0.25) is 4.79 Å². The maximum Gasteiger partial charge on any atom is 0.219 e. The number of thioether (sulfide) groups is 1. The van der Waals surface area contributed by atoms with Gasteiger partial charge in [0.1, 0.15) is 0 Å². The summed E-state index contributed by atoms with van der Waals surface area (Å²) in [6, 6.07) is 7.07. The van der Waals surface area contributed by atoms with E-state index in [1.807, 2.05) is 13.8 Å². The van der Waals surface area contributed by atoms with E-state index in [9.17, 15) is 4.79 Å². The van der Waals surface area contributed by atoms with E-state index in [4.69, 9.17) is 11.6 Å². The van der Waals surface area contributed by atoms with Gasteiger partial charge in [-0.25, -0.2) is 0 Å². The molecular formula is C12H14ClOS. The third-order valence-electron chi connectivity index (χ3n) is 1.94. The first-order valence-corrected chi connectivity index (χ1v) is 6.13. The molecule has 0 saturated carbocycles. The highest BCUT2D eigenvalue weighted by Crippen LogP contribution is 2.22. The molecule has 0 aliphatic carbocycles. The van der Waals surface area contributed by atoms with Crippen molar-refractivity contribution in [1.29, 1.82) is 0 Å². The van der Waals surface area contributed by atoms with Crippen LogP contribution >= 0.6 is 23.4 Å². The summed E-state index contributed by atoms with van der Waals surface area (Å²) in [6.45, 7) is 4.05. The zero-order chi connectivity index (χ0) is 11.3. The van der Waals surface area contributed by atoms with E-state index < -0.39 is 0 Å². The van der Waals surface area contributed by atoms with E-state index in [1.165, 1.54) is 11.8 Å². The molecule has 0 aliphatic rings. The second kappa shape index (κ2) is 6.19. The molecule has 1 radical (unpaired) electrons. The van der Waals surface area contributed by atoms with Gasteiger partial charge in [-0.15, -0.1) is 0 Å². The molecule has 0 amide bonds. The quantitative estimate of drug-likeness (QED) is 0.785. The van der Waals surface area contributed by atoms with Crippen LogP contribution in [0, 0.1) is 6.42 Å². The molecule has 1 nitrogen and oxygen atoms in total. The van der Waals surface area contributed by atoms with Crippen LogP contribution in [0.3, 0.4) is 0 Å². The molecule has 0 bridgehead atoms. The minimum absolute atomic E-state index is 0.0897. The predicted molar refractivity (Wildman–Crippen MR) is 67.4 cm³/mol. The standard InChI is InChI=1S/C12H14ClOS/c1-3-5-9(2)15-12(14)10-6-4-7-11(13)8-10/h3-4,6-9H,5H2,1-2H3. The van der Waals surface area contributed by atoms with Gasteiger partial charge in [0, 0.05) is 15.8 Å². The highest BCUT2D eigenvalue weighted by atomic mass is 35.5. The second-order valence-corrected chi connectivity index (χ2v) is 5.22. The fourth-order valence-electron chi connectivity index (χ4n) is 1.25. The fraction of sp³-hybridized carbons (Fsp3) is 0.333. The summed E-state index contributed by atoms with van der Waals surface area (Å²) in [7, 11) is 0. The lowest BCUT2D eigenvalue weighted by molar-refractivity contribution is 0.108. The van der Waals surface area contributed by atoms with Gasteiger partial charge >= 0.3 is 0 Å². The molecule has 1 unspecified atom stereocenters. The average Bonchev–Trinajstić information content (AvgIpc) is 2.18. The van der Waals surface area contributed by atoms with Crippen molar-refractivity contribution in [2.45, 2.75) is 25.5 Å². The molecule has 0 aromatic heterocycles. The lowest BCUT2D eigenvalue weighted by Gasteiger charge is -2.08. The molecule has 81 valence electrons. The minimum atomic E-state index is 0.0897. The number of halogens is 1. The molecule has 15 heavy (non-hydrogen) atoms. The molecule has 0 N–H and O–H groups in total. The van der Waals surface area contributed by atoms with Crippen LogP contribution in [0.5, 0.6) is 0 Å². The number of rotatable bonds is 4. The SMILES string of the molecule is C[CH]CC(C)SC(=O)c1cccc(Cl)c1. The first-order chi connectivity index (χ1) is 7.13. The van der Waals surface area contributed by atoms with Crippen molar-refractivity contribution in [3.63, 3.8) is 0 Å². The molecule has 0 heterocycles. The largest absolute Gasteiger partial charge is 0.282 e. The molecule has 0 aliphatic heterocycles. The second-order valence-electron chi connectivity index (χ2n) is 3.37. The van der Waals surface area contributed by atoms with Crippen molar-refractivity contribution in [3.05, 3.63) is 41.3 Å². The lowest BCUT2D eigenvalue weighted by Crippen LogP contribution is -2.02. The van der Waals surface area contributed by atoms with Crippen LogP contribution in [0.4, 0.5) is 0 Å². The summed E-state index contributed by atoms with van der Waals surface area (Å²) >= 11 is 7.18. The molecule has 1 aromatic carbocycles. The fourth-order valence-corrected chi connectivity index (χ4v) is 2.35. The van der Waals surface area contributed by atoms with Crippen LogP contribution in [-0.4, -0.2) is 10.4 Å². The van der Waals surface area contributed by atoms with E-state index in [-0.39, 0.29) is 5.12 Å². The monoisotopic (exact) mass is 241 g/mol. The van der Waals surface area contributed by atoms with Crippen molar-refractivity contribution in [2.75, 3.05) is 0 Å². The summed E-state index contributed by atoms with van der Waals surface area (Å²) in [5.74, 6) is 0. The van der Waals surface area contributed by atoms with Crippen molar-refractivity contribution >= 4 is 28.5 Å². The number of benzene rings is 1. The van der Waals surface area contributed by atoms with E-state index >= 15 is 0 Å². The number of hydrogen-bond donors (Lipinski definition) is 0. The third kappa shape index (κ3) is 4.27. The molecular weight excluding hydrogens is 228 g/mol. The number of carbonyl (C=O) groups is 1. The van der Waals surface area contributed by atoms with Gasteiger partial charge < -0.3 is 0 Å². The normalized spacial score (nSPS) is 12.5. The Morgan fingerprint density at radius 1 is 1.60 bits per heavy atom. The van der Waals surface area contributed by atoms with Gasteiger partial charge in [0.15, 0.2) is 0 Å². The van der Waals surface area contributed by atoms with E-state index in [0.29, 0.717) is 15.8 Å². The van der Waals surface area contributed by atoms with Gasteiger partial charge in [-0.05, 0) is 25.0 Å². The van der Waals surface area contributed by atoms with Crippen LogP contribution in [-0.2, 0) is 0 Å². The Balaban J connectivity index is 2.61. The Bertz CT molecular complexity index is 338. The minimum Gasteiger partial charge on any atom is -0.282 e. The molecule has 1 atom stereocenters. The van der Waals surface area contributed by atoms with Crippen LogP contribution in [0.2, 0.25) is 5.02 Å². The summed E-state index contributed by atoms with van der Waals surface area (Å²) in [6.07, 6.45) is 3.01. The molecule has 0 saturated heterocycles. The Morgan fingerprint density at radius 3 is 2.93 bits per heavy atom. The van der Waals surface area contributed by atoms with Crippen molar-refractivity contribution in [1.82, 2.24) is 0 Å². The van der Waals surface area contributed by atoms with Crippen LogP contribution < -0.4 is 0 Å². The molecule has 1 rings (SSSR count). The van der Waals surface area contributed by atoms with Crippen LogP contribution in [0.1, 0.15) is 30.6 Å². The van der Waals surface area contributed by atoms with Gasteiger partial charge in [0.25, 0.3) is 0 Å². The smallest absolute Gasteiger partial charge is 0.219 e. The number of carbonyl (C=O) groups excluding carboxylic acids is 1. The van der Waals surface area contributed by atoms with Crippen molar-refractivity contribution in [3.8, 4) is 0 Å². The van der Waals surface area contributed by atoms with Crippen molar-refractivity contribution in [2.24, 2.45) is 0 Å². The van der Waals surface area contributed by atoms with Crippen molar-refractivity contribution < 1.29 is 4.79 Å². The summed E-state index contributed by atoms with van der Waals surface area (Å²) in [5.41, 5.74) is 0.676. The Kier molecular flexibility index (Phi) is 5.20. The highest BCUT2D eigenvalue weighted by Gasteiger charge is 2.11. The summed E-state index contributed by atoms with van der Waals surface area (Å²) in [5, 5.41) is 1.02. The third-order valence-corrected chi connectivity index (χ3v) is 3.22. The van der Waals surface area contributed by atoms with E-state index in [1.54, 1.807) is 24.3 Å². The lowest BCUT2D eigenvalue weighted by atomic mass is 10.2. The van der Waals surface area contributed by atoms with Gasteiger partial charge in [-0.1, -0.05) is 49.3 Å². The first kappa shape index (κ1) is 12.6. The van der Waals surface area contributed by atoms with Crippen LogP contribution in [0.15, 0.2) is 24.3 Å². The topological polar surface area (TPSA) is 17.1 Å². The Morgan fingerprint density at radius 2 is 2.33 bits per heavy atom. The summed E-state index contributed by atoms with van der Waals surface area (Å²) < 4.78 is 0. The van der Waals surface area contributed by atoms with Gasteiger partial charge in [0.2, 0.25) is 5.12 Å². The Labute approximate surface area is 100 Å². The first-order valence-electron chi connectivity index (χ1n) is 4.88. The van der Waals surface area contributed by atoms with Crippen LogP contribution in [0.25, 0.3) is 0 Å². The molecule has 0 fully saturated rings. The molecule has 3 heteroatoms. The summed E-state index contributed by atoms with van der Waals surface area (Å²) in [4.78, 5) is 11.8. The highest BCUT2D eigenvalue weighted by molar-refractivity contribution is 8.14. The zero-order valence-electron chi connectivity index (χ0n) is 8.87. The Hall–Kier alpha value is -0.470. The maximum absolute atomic E-state index is 11.8. The zero-order valence-corrected chi connectivity index (χ0v) is 10.4. The molecule has 0 spiro atoms. The number of hydrogen-bond acceptors (Lipinski definition) is 2. The average molecular weight is 242 g/mol. The van der Waals surface area contributed by atoms with Gasteiger partial charge in [0.05, 0.1) is 0 Å². The molecule has 1 aromatic rings. The van der Waals surface area contributed by atoms with Gasteiger partial charge in [-0.2, -0.15) is 0 Å². The van der Waals surface area contributed by atoms with E-state index in [0.717, 1.165) is 6.42 Å². The van der Waals surface area contributed by atoms with E-state index in [2.05, 4.69) is 6.42 Å².